The molecule has 0 aromatic heterocycles. The van der Waals surface area contributed by atoms with Crippen molar-refractivity contribution < 1.29 is 19.1 Å². The van der Waals surface area contributed by atoms with Crippen LogP contribution in [0.25, 0.3) is 0 Å². The lowest BCUT2D eigenvalue weighted by atomic mass is 10.2. The van der Waals surface area contributed by atoms with E-state index in [4.69, 9.17) is 10.6 Å². The van der Waals surface area contributed by atoms with Crippen LogP contribution < -0.4 is 21.9 Å². The fourth-order valence-corrected chi connectivity index (χ4v) is 3.58. The van der Waals surface area contributed by atoms with E-state index >= 15 is 0 Å². The number of hydrogen-bond acceptors (Lipinski definition) is 6. The highest BCUT2D eigenvalue weighted by Gasteiger charge is 2.30. The van der Waals surface area contributed by atoms with E-state index < -0.39 is 18.0 Å². The number of thioether (sulfide) groups is 1. The summed E-state index contributed by atoms with van der Waals surface area (Å²) in [6.07, 6.45) is 3.87. The summed E-state index contributed by atoms with van der Waals surface area (Å²) >= 11 is 1.49. The zero-order valence-electron chi connectivity index (χ0n) is 12.3. The van der Waals surface area contributed by atoms with Crippen molar-refractivity contribution in [2.75, 3.05) is 12.4 Å². The number of hydrazine groups is 1. The molecule has 2 saturated heterocycles. The molecule has 22 heavy (non-hydrogen) atoms. The molecule has 2 aliphatic heterocycles. The molecule has 0 aromatic rings. The number of carbonyl (C=O) groups excluding carboxylic acids is 3. The molecule has 0 aliphatic carbocycles. The first-order chi connectivity index (χ1) is 10.6. The molecule has 124 valence electrons. The van der Waals surface area contributed by atoms with Crippen LogP contribution in [0.2, 0.25) is 0 Å². The fourth-order valence-electron chi connectivity index (χ4n) is 2.41. The van der Waals surface area contributed by atoms with Gasteiger partial charge in [-0.3, -0.25) is 19.8 Å². The second kappa shape index (κ2) is 8.35. The van der Waals surface area contributed by atoms with Crippen molar-refractivity contribution in [3.63, 3.8) is 0 Å². The molecule has 5 N–H and O–H groups in total. The maximum atomic E-state index is 12.1. The Morgan fingerprint density at radius 3 is 2.82 bits per heavy atom. The van der Waals surface area contributed by atoms with Crippen LogP contribution in [-0.4, -0.2) is 47.6 Å². The molecule has 0 bridgehead atoms. The zero-order chi connectivity index (χ0) is 15.9. The molecule has 8 nitrogen and oxygen atoms in total. The Kier molecular flexibility index (Phi) is 6.47. The average molecular weight is 330 g/mol. The van der Waals surface area contributed by atoms with E-state index in [0.29, 0.717) is 18.6 Å². The van der Waals surface area contributed by atoms with Crippen molar-refractivity contribution in [3.05, 3.63) is 0 Å². The summed E-state index contributed by atoms with van der Waals surface area (Å²) in [6, 6.07) is -1.32. The highest BCUT2D eigenvalue weighted by atomic mass is 32.2. The summed E-state index contributed by atoms with van der Waals surface area (Å²) < 4.78 is 5.59. The smallest absolute Gasteiger partial charge is 0.257 e. The number of amides is 3. The van der Waals surface area contributed by atoms with Crippen LogP contribution in [0.15, 0.2) is 0 Å². The third-order valence-electron chi connectivity index (χ3n) is 3.67. The minimum atomic E-state index is -0.745. The van der Waals surface area contributed by atoms with Crippen LogP contribution in [0.4, 0.5) is 0 Å². The normalized spacial score (nSPS) is 26.1. The molecule has 0 unspecified atom stereocenters. The van der Waals surface area contributed by atoms with Gasteiger partial charge in [0.2, 0.25) is 11.8 Å². The molecule has 2 aliphatic rings. The predicted molar refractivity (Wildman–Crippen MR) is 81.5 cm³/mol. The summed E-state index contributed by atoms with van der Waals surface area (Å²) in [5.74, 6) is 4.58. The average Bonchev–Trinajstić information content (AvgIpc) is 2.98. The molecule has 2 rings (SSSR count). The molecule has 9 heteroatoms. The molecular weight excluding hydrogens is 308 g/mol. The van der Waals surface area contributed by atoms with Gasteiger partial charge in [0, 0.05) is 18.8 Å². The number of rotatable bonds is 6. The van der Waals surface area contributed by atoms with E-state index in [9.17, 15) is 14.4 Å². The van der Waals surface area contributed by atoms with Gasteiger partial charge in [-0.05, 0) is 25.7 Å². The Balaban J connectivity index is 1.84. The Labute approximate surface area is 133 Å². The van der Waals surface area contributed by atoms with Gasteiger partial charge in [-0.2, -0.15) is 0 Å². The SMILES string of the molecule is NNC(=O)[C@@H](CS[C@H]1CCCCO1)NC(=O)[C@@H]1CCC(=O)N1. The maximum Gasteiger partial charge on any atom is 0.257 e. The molecule has 3 amide bonds. The van der Waals surface area contributed by atoms with Crippen molar-refractivity contribution in [3.8, 4) is 0 Å². The summed E-state index contributed by atoms with van der Waals surface area (Å²) in [5.41, 5.74) is 2.11. The molecule has 0 radical (unpaired) electrons. The lowest BCUT2D eigenvalue weighted by Crippen LogP contribution is -2.54. The van der Waals surface area contributed by atoms with Gasteiger partial charge < -0.3 is 15.4 Å². The van der Waals surface area contributed by atoms with E-state index in [2.05, 4.69) is 16.1 Å². The van der Waals surface area contributed by atoms with E-state index in [-0.39, 0.29) is 17.3 Å². The molecule has 2 heterocycles. The second-order valence-corrected chi connectivity index (χ2v) is 6.55. The molecule has 0 spiro atoms. The largest absolute Gasteiger partial charge is 0.368 e. The molecule has 3 atom stereocenters. The topological polar surface area (TPSA) is 123 Å². The fraction of sp³-hybridized carbons (Fsp3) is 0.769. The summed E-state index contributed by atoms with van der Waals surface area (Å²) in [5, 5.41) is 5.22. The third-order valence-corrected chi connectivity index (χ3v) is 4.94. The molecule has 2 fully saturated rings. The quantitative estimate of drug-likeness (QED) is 0.281. The van der Waals surface area contributed by atoms with Crippen LogP contribution in [0.3, 0.4) is 0 Å². The number of carbonyl (C=O) groups is 3. The van der Waals surface area contributed by atoms with Gasteiger partial charge in [-0.1, -0.05) is 0 Å². The van der Waals surface area contributed by atoms with Crippen molar-refractivity contribution in [1.82, 2.24) is 16.1 Å². The van der Waals surface area contributed by atoms with Gasteiger partial charge in [-0.25, -0.2) is 5.84 Å². The first-order valence-corrected chi connectivity index (χ1v) is 8.48. The summed E-state index contributed by atoms with van der Waals surface area (Å²) in [7, 11) is 0. The lowest BCUT2D eigenvalue weighted by Gasteiger charge is -2.25. The summed E-state index contributed by atoms with van der Waals surface area (Å²) in [6.45, 7) is 0.728. The van der Waals surface area contributed by atoms with Crippen molar-refractivity contribution in [2.45, 2.75) is 49.6 Å². The van der Waals surface area contributed by atoms with Gasteiger partial charge >= 0.3 is 0 Å². The van der Waals surface area contributed by atoms with E-state index in [1.54, 1.807) is 0 Å². The van der Waals surface area contributed by atoms with Gasteiger partial charge in [0.05, 0.1) is 0 Å². The van der Waals surface area contributed by atoms with Crippen molar-refractivity contribution in [1.29, 1.82) is 0 Å². The predicted octanol–water partition coefficient (Wildman–Crippen LogP) is -1.00. The van der Waals surface area contributed by atoms with Crippen LogP contribution in [0, 0.1) is 0 Å². The van der Waals surface area contributed by atoms with Crippen LogP contribution in [0.1, 0.15) is 32.1 Å². The van der Waals surface area contributed by atoms with Crippen LogP contribution >= 0.6 is 11.8 Å². The third kappa shape index (κ3) is 4.85. The van der Waals surface area contributed by atoms with Crippen molar-refractivity contribution in [2.24, 2.45) is 5.84 Å². The Morgan fingerprint density at radius 2 is 2.23 bits per heavy atom. The van der Waals surface area contributed by atoms with Gasteiger partial charge in [0.15, 0.2) is 0 Å². The Bertz CT molecular complexity index is 428. The summed E-state index contributed by atoms with van der Waals surface area (Å²) in [4.78, 5) is 35.0. The van der Waals surface area contributed by atoms with E-state index in [1.807, 2.05) is 0 Å². The number of nitrogens with two attached hydrogens (primary N) is 1. The second-order valence-electron chi connectivity index (χ2n) is 5.36. The number of nitrogens with one attached hydrogen (secondary N) is 3. The minimum absolute atomic E-state index is 0.0462. The highest BCUT2D eigenvalue weighted by Crippen LogP contribution is 2.23. The zero-order valence-corrected chi connectivity index (χ0v) is 13.1. The first kappa shape index (κ1) is 17.0. The molecule has 0 saturated carbocycles. The lowest BCUT2D eigenvalue weighted by molar-refractivity contribution is -0.130. The standard InChI is InChI=1S/C13H22N4O4S/c14-17-13(20)9(7-22-11-3-1-2-6-21-11)16-12(19)8-4-5-10(18)15-8/h8-9,11H,1-7,14H2,(H,15,18)(H,16,19)(H,17,20)/t8-,9+,11-/m0/s1. The van der Waals surface area contributed by atoms with Crippen LogP contribution in [-0.2, 0) is 19.1 Å². The van der Waals surface area contributed by atoms with Crippen molar-refractivity contribution >= 4 is 29.5 Å². The first-order valence-electron chi connectivity index (χ1n) is 7.43. The molecular formula is C13H22N4O4S. The van der Waals surface area contributed by atoms with Gasteiger partial charge in [0.25, 0.3) is 5.91 Å². The number of ether oxygens (including phenoxy) is 1. The maximum absolute atomic E-state index is 12.1. The minimum Gasteiger partial charge on any atom is -0.368 e. The van der Waals surface area contributed by atoms with Gasteiger partial charge in [-0.15, -0.1) is 11.8 Å². The number of hydrogen-bond donors (Lipinski definition) is 4. The van der Waals surface area contributed by atoms with E-state index in [0.717, 1.165) is 25.9 Å². The Morgan fingerprint density at radius 1 is 1.41 bits per heavy atom. The highest BCUT2D eigenvalue weighted by molar-refractivity contribution is 7.99. The Hall–Kier alpha value is -1.32. The van der Waals surface area contributed by atoms with Crippen LogP contribution in [0.5, 0.6) is 0 Å². The molecule has 0 aromatic carbocycles. The van der Waals surface area contributed by atoms with Gasteiger partial charge in [0.1, 0.15) is 17.5 Å². The van der Waals surface area contributed by atoms with E-state index in [1.165, 1.54) is 11.8 Å². The monoisotopic (exact) mass is 330 g/mol.